The van der Waals surface area contributed by atoms with Crippen LogP contribution in [-0.4, -0.2) is 49.1 Å². The van der Waals surface area contributed by atoms with Gasteiger partial charge in [-0.05, 0) is 62.6 Å². The van der Waals surface area contributed by atoms with E-state index in [0.717, 1.165) is 44.2 Å². The fourth-order valence-electron chi connectivity index (χ4n) is 8.60. The molecule has 0 aromatic heterocycles. The molecule has 4 bridgehead atoms. The highest BCUT2D eigenvalue weighted by molar-refractivity contribution is 5.63. The highest BCUT2D eigenvalue weighted by Gasteiger charge is 2.81. The normalized spacial score (nSPS) is 45.6. The highest BCUT2D eigenvalue weighted by Crippen LogP contribution is 2.77. The molecule has 0 amide bonds. The van der Waals surface area contributed by atoms with Crippen molar-refractivity contribution in [3.8, 4) is 11.5 Å². The number of methoxy groups -OCH3 is 2. The lowest BCUT2D eigenvalue weighted by atomic mass is 9.33. The number of fused-ring (bicyclic) bond motifs is 2. The topological polar surface area (TPSA) is 60.0 Å². The lowest BCUT2D eigenvalue weighted by Gasteiger charge is -2.74. The van der Waals surface area contributed by atoms with Gasteiger partial charge < -0.3 is 24.6 Å². The van der Waals surface area contributed by atoms with Crippen LogP contribution in [0.25, 0.3) is 0 Å². The molecule has 2 aliphatic heterocycles. The second-order valence-electron chi connectivity index (χ2n) is 11.9. The minimum atomic E-state index is -2.56. The van der Waals surface area contributed by atoms with Gasteiger partial charge in [-0.15, -0.1) is 0 Å². The Bertz CT molecular complexity index is 1050. The smallest absolute Gasteiger partial charge is 0.165 e. The Morgan fingerprint density at radius 1 is 1.23 bits per heavy atom. The lowest BCUT2D eigenvalue weighted by molar-refractivity contribution is -0.303. The van der Waals surface area contributed by atoms with Gasteiger partial charge in [0.15, 0.2) is 11.5 Å². The fourth-order valence-corrected chi connectivity index (χ4v) is 8.60. The van der Waals surface area contributed by atoms with Crippen molar-refractivity contribution in [1.82, 2.24) is 5.32 Å². The quantitative estimate of drug-likeness (QED) is 0.767. The summed E-state index contributed by atoms with van der Waals surface area (Å²) in [7, 11) is -0.798. The summed E-state index contributed by atoms with van der Waals surface area (Å²) >= 11 is 0. The second-order valence-corrected chi connectivity index (χ2v) is 11.9. The van der Waals surface area contributed by atoms with Crippen molar-refractivity contribution >= 4 is 0 Å². The zero-order valence-corrected chi connectivity index (χ0v) is 19.3. The van der Waals surface area contributed by atoms with Crippen molar-refractivity contribution in [3.05, 3.63) is 23.3 Å². The van der Waals surface area contributed by atoms with Crippen LogP contribution in [0.15, 0.2) is 12.1 Å². The SMILES string of the molecule is [2H]C([2H])([2H])Oc1ccc2c3c1O[C@H]1C4(OC)CC[C@]5(C[C@@H]4[C@](C)(O)C(C)(C)C)[C@@H](C2)NCC[C@]315. The standard InChI is InChI=1S/C26H37NO4/c1-22(2,3)23(4,28)17-14-24-9-10-26(17,30-6)21-25(24)11-12-27-18(24)13-15-7-8-16(29-5)20(31-21)19(15)25/h7-8,17-18,21,27-28H,9-14H2,1-6H3/t17-,18-,21-,23+,24+,25+,26?/m1/s1/i5D3. The Morgan fingerprint density at radius 3 is 2.74 bits per heavy atom. The molecule has 2 spiro atoms. The average Bonchev–Trinajstić information content (AvgIpc) is 3.09. The molecule has 5 heteroatoms. The summed E-state index contributed by atoms with van der Waals surface area (Å²) in [4.78, 5) is 0. The van der Waals surface area contributed by atoms with Crippen molar-refractivity contribution in [2.75, 3.05) is 20.7 Å². The van der Waals surface area contributed by atoms with Crippen molar-refractivity contribution in [2.24, 2.45) is 16.7 Å². The summed E-state index contributed by atoms with van der Waals surface area (Å²) in [5.41, 5.74) is -0.0174. The summed E-state index contributed by atoms with van der Waals surface area (Å²) in [6.45, 7) is 9.13. The van der Waals surface area contributed by atoms with Crippen LogP contribution in [0.3, 0.4) is 0 Å². The Balaban J connectivity index is 1.61. The lowest BCUT2D eigenvalue weighted by Crippen LogP contribution is -2.83. The predicted octanol–water partition coefficient (Wildman–Crippen LogP) is 3.59. The number of ether oxygens (including phenoxy) is 3. The molecule has 6 aliphatic rings. The Kier molecular flexibility index (Phi) is 3.21. The monoisotopic (exact) mass is 430 g/mol. The minimum absolute atomic E-state index is 0.0903. The Labute approximate surface area is 190 Å². The number of piperidine rings is 1. The third-order valence-electron chi connectivity index (χ3n) is 10.5. The molecular formula is C26H37NO4. The van der Waals surface area contributed by atoms with Crippen LogP contribution in [0.5, 0.6) is 11.5 Å². The van der Waals surface area contributed by atoms with Gasteiger partial charge in [0, 0.05) is 35.5 Å². The van der Waals surface area contributed by atoms with Crippen LogP contribution in [0.1, 0.15) is 68.6 Å². The zero-order valence-electron chi connectivity index (χ0n) is 22.3. The van der Waals surface area contributed by atoms with Gasteiger partial charge in [0.2, 0.25) is 0 Å². The van der Waals surface area contributed by atoms with Gasteiger partial charge in [0.05, 0.1) is 16.8 Å². The molecule has 5 nitrogen and oxygen atoms in total. The first kappa shape index (κ1) is 17.2. The third-order valence-corrected chi connectivity index (χ3v) is 10.5. The summed E-state index contributed by atoms with van der Waals surface area (Å²) in [6.07, 6.45) is 4.14. The van der Waals surface area contributed by atoms with E-state index in [2.05, 4.69) is 26.1 Å². The zero-order chi connectivity index (χ0) is 24.5. The van der Waals surface area contributed by atoms with Gasteiger partial charge in [-0.3, -0.25) is 0 Å². The third kappa shape index (κ3) is 1.98. The average molecular weight is 431 g/mol. The number of nitrogens with one attached hydrogen (secondary N) is 1. The van der Waals surface area contributed by atoms with E-state index < -0.39 is 18.2 Å². The van der Waals surface area contributed by atoms with Crippen LogP contribution in [-0.2, 0) is 16.6 Å². The fraction of sp³-hybridized carbons (Fsp3) is 0.769. The molecule has 2 heterocycles. The van der Waals surface area contributed by atoms with Crippen LogP contribution in [0, 0.1) is 16.7 Å². The van der Waals surface area contributed by atoms with Gasteiger partial charge in [-0.25, -0.2) is 0 Å². The van der Waals surface area contributed by atoms with Gasteiger partial charge >= 0.3 is 0 Å². The van der Waals surface area contributed by atoms with Crippen molar-refractivity contribution in [3.63, 3.8) is 0 Å². The second kappa shape index (κ2) is 5.78. The van der Waals surface area contributed by atoms with Gasteiger partial charge in [-0.1, -0.05) is 26.8 Å². The van der Waals surface area contributed by atoms with Crippen LogP contribution < -0.4 is 14.8 Å². The van der Waals surface area contributed by atoms with Crippen LogP contribution >= 0.6 is 0 Å². The van der Waals surface area contributed by atoms with E-state index >= 15 is 0 Å². The maximum absolute atomic E-state index is 12.1. The molecule has 1 aromatic carbocycles. The molecule has 0 radical (unpaired) electrons. The molecule has 170 valence electrons. The maximum atomic E-state index is 12.1. The Hall–Kier alpha value is -1.30. The molecule has 1 aromatic rings. The van der Waals surface area contributed by atoms with Crippen molar-refractivity contribution in [1.29, 1.82) is 0 Å². The molecule has 4 aliphatic carbocycles. The molecule has 1 unspecified atom stereocenters. The molecule has 7 atom stereocenters. The summed E-state index contributed by atoms with van der Waals surface area (Å²) in [6, 6.07) is 4.07. The highest BCUT2D eigenvalue weighted by atomic mass is 16.6. The van der Waals surface area contributed by atoms with E-state index in [4.69, 9.17) is 18.3 Å². The van der Waals surface area contributed by atoms with Crippen LogP contribution in [0.4, 0.5) is 0 Å². The van der Waals surface area contributed by atoms with Crippen molar-refractivity contribution < 1.29 is 23.4 Å². The minimum Gasteiger partial charge on any atom is -0.493 e. The van der Waals surface area contributed by atoms with Gasteiger partial charge in [-0.2, -0.15) is 0 Å². The van der Waals surface area contributed by atoms with Gasteiger partial charge in [0.1, 0.15) is 11.7 Å². The van der Waals surface area contributed by atoms with Crippen LogP contribution in [0.2, 0.25) is 0 Å². The molecule has 3 saturated carbocycles. The van der Waals surface area contributed by atoms with E-state index in [1.165, 1.54) is 5.56 Å². The number of rotatable bonds is 3. The van der Waals surface area contributed by atoms with E-state index in [0.29, 0.717) is 11.5 Å². The summed E-state index contributed by atoms with van der Waals surface area (Å²) in [5.74, 6) is 0.754. The first-order chi connectivity index (χ1) is 15.7. The van der Waals surface area contributed by atoms with Crippen molar-refractivity contribution in [2.45, 2.75) is 88.6 Å². The number of benzene rings is 1. The van der Waals surface area contributed by atoms with E-state index in [1.54, 1.807) is 13.2 Å². The molecule has 2 N–H and O–H groups in total. The summed E-state index contributed by atoms with van der Waals surface area (Å²) in [5, 5.41) is 15.9. The largest absolute Gasteiger partial charge is 0.493 e. The number of hydrogen-bond donors (Lipinski definition) is 2. The maximum Gasteiger partial charge on any atom is 0.165 e. The molecule has 31 heavy (non-hydrogen) atoms. The molecule has 4 fully saturated rings. The summed E-state index contributed by atoms with van der Waals surface area (Å²) < 4.78 is 42.0. The van der Waals surface area contributed by atoms with E-state index in [9.17, 15) is 5.11 Å². The molecule has 1 saturated heterocycles. The first-order valence-electron chi connectivity index (χ1n) is 13.3. The Morgan fingerprint density at radius 2 is 2.03 bits per heavy atom. The van der Waals surface area contributed by atoms with E-state index in [-0.39, 0.29) is 34.3 Å². The first-order valence-corrected chi connectivity index (χ1v) is 11.8. The molecular weight excluding hydrogens is 390 g/mol. The predicted molar refractivity (Wildman–Crippen MR) is 119 cm³/mol. The van der Waals surface area contributed by atoms with Gasteiger partial charge in [0.25, 0.3) is 0 Å². The molecule has 7 rings (SSSR count). The van der Waals surface area contributed by atoms with E-state index in [1.807, 2.05) is 13.0 Å². The number of hydrogen-bond acceptors (Lipinski definition) is 5. The number of aliphatic hydroxyl groups is 1.